The number of aromatic nitrogens is 3. The third kappa shape index (κ3) is 2.67. The van der Waals surface area contributed by atoms with Crippen LogP contribution in [0.25, 0.3) is 16.7 Å². The fourth-order valence-corrected chi connectivity index (χ4v) is 2.78. The molecule has 3 heterocycles. The third-order valence-corrected chi connectivity index (χ3v) is 3.97. The SMILES string of the molecule is COC[C@H](C)NC(=O)c1cc2c(=O)n3cc(C)ccc3nc2n1C. The van der Waals surface area contributed by atoms with Crippen LogP contribution < -0.4 is 10.9 Å². The van der Waals surface area contributed by atoms with E-state index in [1.165, 1.54) is 4.40 Å². The van der Waals surface area contributed by atoms with Gasteiger partial charge in [-0.2, -0.15) is 0 Å². The van der Waals surface area contributed by atoms with Gasteiger partial charge < -0.3 is 14.6 Å². The van der Waals surface area contributed by atoms with E-state index >= 15 is 0 Å². The number of hydrogen-bond acceptors (Lipinski definition) is 4. The van der Waals surface area contributed by atoms with E-state index in [1.807, 2.05) is 19.9 Å². The predicted octanol–water partition coefficient (Wildman–Crippen LogP) is 1.26. The van der Waals surface area contributed by atoms with E-state index < -0.39 is 0 Å². The number of methoxy groups -OCH3 is 1. The van der Waals surface area contributed by atoms with E-state index in [0.29, 0.717) is 29.0 Å². The molecule has 3 aromatic rings. The Kier molecular flexibility index (Phi) is 4.11. The molecule has 0 aliphatic rings. The van der Waals surface area contributed by atoms with Crippen LogP contribution in [-0.2, 0) is 11.8 Å². The molecule has 3 rings (SSSR count). The number of pyridine rings is 1. The molecule has 24 heavy (non-hydrogen) atoms. The number of rotatable bonds is 4. The number of fused-ring (bicyclic) bond motifs is 2. The lowest BCUT2D eigenvalue weighted by molar-refractivity contribution is 0.0898. The summed E-state index contributed by atoms with van der Waals surface area (Å²) in [6.45, 7) is 4.19. The van der Waals surface area contributed by atoms with Gasteiger partial charge in [0.1, 0.15) is 17.0 Å². The van der Waals surface area contributed by atoms with Crippen LogP contribution >= 0.6 is 0 Å². The van der Waals surface area contributed by atoms with Crippen LogP contribution in [0, 0.1) is 6.92 Å². The first-order valence-electron chi connectivity index (χ1n) is 7.70. The van der Waals surface area contributed by atoms with Gasteiger partial charge in [-0.25, -0.2) is 4.98 Å². The topological polar surface area (TPSA) is 77.6 Å². The van der Waals surface area contributed by atoms with Crippen LogP contribution in [0.1, 0.15) is 23.0 Å². The van der Waals surface area contributed by atoms with Crippen LogP contribution in [0.15, 0.2) is 29.2 Å². The minimum Gasteiger partial charge on any atom is -0.383 e. The second-order valence-corrected chi connectivity index (χ2v) is 6.01. The lowest BCUT2D eigenvalue weighted by atomic mass is 10.3. The van der Waals surface area contributed by atoms with Crippen molar-refractivity contribution in [2.75, 3.05) is 13.7 Å². The molecule has 3 aromatic heterocycles. The fraction of sp³-hybridized carbons (Fsp3) is 0.353. The zero-order valence-corrected chi connectivity index (χ0v) is 14.2. The van der Waals surface area contributed by atoms with Gasteiger partial charge in [-0.15, -0.1) is 0 Å². The zero-order chi connectivity index (χ0) is 17.4. The normalized spacial score (nSPS) is 12.7. The summed E-state index contributed by atoms with van der Waals surface area (Å²) in [7, 11) is 3.31. The lowest BCUT2D eigenvalue weighted by Gasteiger charge is -2.12. The molecule has 0 bridgehead atoms. The fourth-order valence-electron chi connectivity index (χ4n) is 2.78. The minimum atomic E-state index is -0.260. The summed E-state index contributed by atoms with van der Waals surface area (Å²) in [6, 6.07) is 5.16. The summed E-state index contributed by atoms with van der Waals surface area (Å²) >= 11 is 0. The van der Waals surface area contributed by atoms with E-state index in [2.05, 4.69) is 10.3 Å². The highest BCUT2D eigenvalue weighted by Crippen LogP contribution is 2.15. The molecule has 0 unspecified atom stereocenters. The van der Waals surface area contributed by atoms with Gasteiger partial charge in [0, 0.05) is 26.4 Å². The Labute approximate surface area is 138 Å². The summed E-state index contributed by atoms with van der Waals surface area (Å²) < 4.78 is 8.18. The van der Waals surface area contributed by atoms with Gasteiger partial charge in [-0.1, -0.05) is 6.07 Å². The van der Waals surface area contributed by atoms with Crippen molar-refractivity contribution in [1.29, 1.82) is 0 Å². The molecule has 0 aliphatic carbocycles. The quantitative estimate of drug-likeness (QED) is 0.782. The Morgan fingerprint density at radius 3 is 2.88 bits per heavy atom. The van der Waals surface area contributed by atoms with Crippen molar-refractivity contribution in [2.45, 2.75) is 19.9 Å². The van der Waals surface area contributed by atoms with Crippen LogP contribution in [0.2, 0.25) is 0 Å². The Hall–Kier alpha value is -2.67. The van der Waals surface area contributed by atoms with Crippen LogP contribution in [0.4, 0.5) is 0 Å². The zero-order valence-electron chi connectivity index (χ0n) is 14.2. The van der Waals surface area contributed by atoms with Gasteiger partial charge in [-0.05, 0) is 31.5 Å². The molecule has 0 spiro atoms. The van der Waals surface area contributed by atoms with Crippen molar-refractivity contribution in [3.8, 4) is 0 Å². The first-order chi connectivity index (χ1) is 11.4. The number of nitrogens with one attached hydrogen (secondary N) is 1. The van der Waals surface area contributed by atoms with Gasteiger partial charge in [0.15, 0.2) is 0 Å². The average molecular weight is 328 g/mol. The van der Waals surface area contributed by atoms with Gasteiger partial charge in [0.2, 0.25) is 0 Å². The van der Waals surface area contributed by atoms with Crippen molar-refractivity contribution < 1.29 is 9.53 Å². The highest BCUT2D eigenvalue weighted by Gasteiger charge is 2.18. The van der Waals surface area contributed by atoms with Crippen molar-refractivity contribution >= 4 is 22.6 Å². The molecular weight excluding hydrogens is 308 g/mol. The maximum atomic E-state index is 12.7. The minimum absolute atomic E-state index is 0.128. The molecule has 1 atom stereocenters. The molecule has 1 N–H and O–H groups in total. The Bertz CT molecular complexity index is 987. The average Bonchev–Trinajstić information content (AvgIpc) is 2.86. The lowest BCUT2D eigenvalue weighted by Crippen LogP contribution is -2.36. The highest BCUT2D eigenvalue weighted by atomic mass is 16.5. The number of amides is 1. The number of ether oxygens (including phenoxy) is 1. The first-order valence-corrected chi connectivity index (χ1v) is 7.70. The van der Waals surface area contributed by atoms with Crippen LogP contribution in [0.5, 0.6) is 0 Å². The molecule has 0 aliphatic heterocycles. The maximum absolute atomic E-state index is 12.7. The molecule has 0 saturated heterocycles. The standard InChI is InChI=1S/C17H20N4O3/c1-10-5-6-14-19-15-12(17(23)21(14)8-10)7-13(20(15)3)16(22)18-11(2)9-24-4/h5-8,11H,9H2,1-4H3,(H,18,22)/t11-/m0/s1. The predicted molar refractivity (Wildman–Crippen MR) is 91.5 cm³/mol. The maximum Gasteiger partial charge on any atom is 0.268 e. The summed E-state index contributed by atoms with van der Waals surface area (Å²) in [4.78, 5) is 29.7. The molecule has 7 heteroatoms. The van der Waals surface area contributed by atoms with E-state index in [-0.39, 0.29) is 17.5 Å². The van der Waals surface area contributed by atoms with Crippen molar-refractivity contribution in [2.24, 2.45) is 7.05 Å². The molecule has 0 aromatic carbocycles. The number of nitrogens with zero attached hydrogens (tertiary/aromatic N) is 3. The van der Waals surface area contributed by atoms with Gasteiger partial charge in [0.25, 0.3) is 11.5 Å². The summed E-state index contributed by atoms with van der Waals surface area (Å²) in [6.07, 6.45) is 1.75. The number of hydrogen-bond donors (Lipinski definition) is 1. The summed E-state index contributed by atoms with van der Waals surface area (Å²) in [5, 5.41) is 3.27. The summed E-state index contributed by atoms with van der Waals surface area (Å²) in [5.41, 5.74) is 2.23. The van der Waals surface area contributed by atoms with Gasteiger partial charge in [0.05, 0.1) is 12.0 Å². The monoisotopic (exact) mass is 328 g/mol. The number of carbonyl (C=O) groups excluding carboxylic acids is 1. The summed E-state index contributed by atoms with van der Waals surface area (Å²) in [5.74, 6) is -0.260. The largest absolute Gasteiger partial charge is 0.383 e. The van der Waals surface area contributed by atoms with Crippen LogP contribution in [-0.4, -0.2) is 39.6 Å². The molecular formula is C17H20N4O3. The highest BCUT2D eigenvalue weighted by molar-refractivity contribution is 5.98. The Morgan fingerprint density at radius 1 is 1.42 bits per heavy atom. The first kappa shape index (κ1) is 16.2. The van der Waals surface area contributed by atoms with Crippen molar-refractivity contribution in [1.82, 2.24) is 19.3 Å². The molecule has 0 fully saturated rings. The van der Waals surface area contributed by atoms with E-state index in [4.69, 9.17) is 4.74 Å². The van der Waals surface area contributed by atoms with Crippen molar-refractivity contribution in [3.63, 3.8) is 0 Å². The molecule has 0 saturated carbocycles. The molecule has 1 amide bonds. The third-order valence-electron chi connectivity index (χ3n) is 3.97. The second kappa shape index (κ2) is 6.09. The molecule has 126 valence electrons. The van der Waals surface area contributed by atoms with Crippen LogP contribution in [0.3, 0.4) is 0 Å². The number of carbonyl (C=O) groups is 1. The van der Waals surface area contributed by atoms with Crippen molar-refractivity contribution in [3.05, 3.63) is 46.0 Å². The van der Waals surface area contributed by atoms with Gasteiger partial charge >= 0.3 is 0 Å². The molecule has 7 nitrogen and oxygen atoms in total. The van der Waals surface area contributed by atoms with Gasteiger partial charge in [-0.3, -0.25) is 14.0 Å². The molecule has 0 radical (unpaired) electrons. The number of aryl methyl sites for hydroxylation is 2. The van der Waals surface area contributed by atoms with E-state index in [0.717, 1.165) is 5.56 Å². The van der Waals surface area contributed by atoms with E-state index in [9.17, 15) is 9.59 Å². The Morgan fingerprint density at radius 2 is 2.17 bits per heavy atom. The smallest absolute Gasteiger partial charge is 0.268 e. The van der Waals surface area contributed by atoms with E-state index in [1.54, 1.807) is 37.1 Å². The second-order valence-electron chi connectivity index (χ2n) is 6.01. The Balaban J connectivity index is 2.13.